The lowest BCUT2D eigenvalue weighted by Gasteiger charge is -2.12. The van der Waals surface area contributed by atoms with Gasteiger partial charge in [-0.05, 0) is 54.1 Å². The summed E-state index contributed by atoms with van der Waals surface area (Å²) in [6.45, 7) is 3.91. The molecule has 5 heteroatoms. The van der Waals surface area contributed by atoms with Gasteiger partial charge in [-0.2, -0.15) is 0 Å². The van der Waals surface area contributed by atoms with Gasteiger partial charge in [-0.3, -0.25) is 10.1 Å². The average molecular weight is 301 g/mol. The summed E-state index contributed by atoms with van der Waals surface area (Å²) in [6.07, 6.45) is 0. The van der Waals surface area contributed by atoms with Gasteiger partial charge in [0.05, 0.1) is 5.56 Å². The molecule has 1 aromatic carbocycles. The van der Waals surface area contributed by atoms with E-state index in [0.29, 0.717) is 10.7 Å². The first-order valence-electron chi connectivity index (χ1n) is 4.87. The van der Waals surface area contributed by atoms with Gasteiger partial charge in [-0.25, -0.2) is 0 Å². The number of halogens is 1. The minimum atomic E-state index is -0.217. The van der Waals surface area contributed by atoms with Crippen LogP contribution in [0.1, 0.15) is 24.2 Å². The van der Waals surface area contributed by atoms with Gasteiger partial charge in [-0.15, -0.1) is 0 Å². The third kappa shape index (κ3) is 3.90. The third-order valence-electron chi connectivity index (χ3n) is 1.77. The Labute approximate surface area is 109 Å². The van der Waals surface area contributed by atoms with Gasteiger partial charge in [0.2, 0.25) is 0 Å². The Kier molecular flexibility index (Phi) is 4.89. The standard InChI is InChI=1S/C11H13BrN2OS/c1-7(2)13-11(16)14-10(15)8-5-3-4-6-9(8)12/h3-7H,1-2H3,(H2,13,14,15,16). The number of carbonyl (C=O) groups excluding carboxylic acids is 1. The van der Waals surface area contributed by atoms with E-state index in [4.69, 9.17) is 12.2 Å². The summed E-state index contributed by atoms with van der Waals surface area (Å²) < 4.78 is 0.750. The number of nitrogens with one attached hydrogen (secondary N) is 2. The van der Waals surface area contributed by atoms with Crippen molar-refractivity contribution in [3.05, 3.63) is 34.3 Å². The lowest BCUT2D eigenvalue weighted by atomic mass is 10.2. The number of hydrogen-bond acceptors (Lipinski definition) is 2. The minimum absolute atomic E-state index is 0.201. The maximum atomic E-state index is 11.8. The van der Waals surface area contributed by atoms with Crippen LogP contribution in [0.4, 0.5) is 0 Å². The molecule has 0 atom stereocenters. The maximum Gasteiger partial charge on any atom is 0.258 e. The molecule has 0 unspecified atom stereocenters. The lowest BCUT2D eigenvalue weighted by Crippen LogP contribution is -2.42. The van der Waals surface area contributed by atoms with Crippen LogP contribution in [0, 0.1) is 0 Å². The van der Waals surface area contributed by atoms with Crippen LogP contribution in [-0.2, 0) is 0 Å². The molecule has 0 aromatic heterocycles. The molecule has 1 amide bonds. The van der Waals surface area contributed by atoms with E-state index < -0.39 is 0 Å². The largest absolute Gasteiger partial charge is 0.360 e. The number of thiocarbonyl (C=S) groups is 1. The van der Waals surface area contributed by atoms with E-state index in [2.05, 4.69) is 26.6 Å². The smallest absolute Gasteiger partial charge is 0.258 e. The molecule has 16 heavy (non-hydrogen) atoms. The van der Waals surface area contributed by atoms with E-state index in [1.54, 1.807) is 12.1 Å². The van der Waals surface area contributed by atoms with Crippen molar-refractivity contribution >= 4 is 39.2 Å². The molecule has 0 aliphatic carbocycles. The zero-order valence-electron chi connectivity index (χ0n) is 9.08. The summed E-state index contributed by atoms with van der Waals surface area (Å²) in [5.74, 6) is -0.217. The normalized spacial score (nSPS) is 10.0. The van der Waals surface area contributed by atoms with Crippen LogP contribution in [0.2, 0.25) is 0 Å². The van der Waals surface area contributed by atoms with Gasteiger partial charge in [0.1, 0.15) is 0 Å². The monoisotopic (exact) mass is 300 g/mol. The van der Waals surface area contributed by atoms with Crippen LogP contribution >= 0.6 is 28.1 Å². The summed E-state index contributed by atoms with van der Waals surface area (Å²) in [5.41, 5.74) is 0.565. The SMILES string of the molecule is CC(C)NC(=S)NC(=O)c1ccccc1Br. The Hall–Kier alpha value is -0.940. The fraction of sp³-hybridized carbons (Fsp3) is 0.273. The molecule has 3 nitrogen and oxygen atoms in total. The number of amides is 1. The van der Waals surface area contributed by atoms with Crippen molar-refractivity contribution in [2.45, 2.75) is 19.9 Å². The second-order valence-electron chi connectivity index (χ2n) is 3.56. The van der Waals surface area contributed by atoms with Crippen LogP contribution in [0.3, 0.4) is 0 Å². The van der Waals surface area contributed by atoms with E-state index in [1.165, 1.54) is 0 Å². The zero-order valence-corrected chi connectivity index (χ0v) is 11.5. The molecule has 2 N–H and O–H groups in total. The van der Waals surface area contributed by atoms with Crippen molar-refractivity contribution in [2.24, 2.45) is 0 Å². The van der Waals surface area contributed by atoms with Gasteiger partial charge < -0.3 is 5.32 Å². The number of rotatable bonds is 2. The highest BCUT2D eigenvalue weighted by atomic mass is 79.9. The fourth-order valence-corrected chi connectivity index (χ4v) is 1.91. The molecule has 0 radical (unpaired) electrons. The first-order chi connectivity index (χ1) is 7.50. The second kappa shape index (κ2) is 5.96. The van der Waals surface area contributed by atoms with Gasteiger partial charge in [-0.1, -0.05) is 12.1 Å². The van der Waals surface area contributed by atoms with E-state index in [-0.39, 0.29) is 11.9 Å². The van der Waals surface area contributed by atoms with Crippen molar-refractivity contribution in [1.29, 1.82) is 0 Å². The summed E-state index contributed by atoms with van der Waals surface area (Å²) in [6, 6.07) is 7.40. The van der Waals surface area contributed by atoms with Crippen molar-refractivity contribution in [2.75, 3.05) is 0 Å². The van der Waals surface area contributed by atoms with Crippen LogP contribution in [0.25, 0.3) is 0 Å². The summed E-state index contributed by atoms with van der Waals surface area (Å²) in [7, 11) is 0. The van der Waals surface area contributed by atoms with Gasteiger partial charge >= 0.3 is 0 Å². The van der Waals surface area contributed by atoms with E-state index in [1.807, 2.05) is 26.0 Å². The molecule has 0 aliphatic rings. The van der Waals surface area contributed by atoms with Crippen LogP contribution in [-0.4, -0.2) is 17.1 Å². The molecule has 0 aliphatic heterocycles. The highest BCUT2D eigenvalue weighted by molar-refractivity contribution is 9.10. The maximum absolute atomic E-state index is 11.8. The molecule has 0 saturated carbocycles. The Balaban J connectivity index is 2.66. The third-order valence-corrected chi connectivity index (χ3v) is 2.68. The second-order valence-corrected chi connectivity index (χ2v) is 4.82. The Morgan fingerprint density at radius 1 is 1.38 bits per heavy atom. The quantitative estimate of drug-likeness (QED) is 0.825. The van der Waals surface area contributed by atoms with E-state index in [0.717, 1.165) is 4.47 Å². The number of hydrogen-bond donors (Lipinski definition) is 2. The molecule has 0 bridgehead atoms. The van der Waals surface area contributed by atoms with Crippen molar-refractivity contribution in [1.82, 2.24) is 10.6 Å². The van der Waals surface area contributed by atoms with Crippen LogP contribution < -0.4 is 10.6 Å². The summed E-state index contributed by atoms with van der Waals surface area (Å²) in [5, 5.41) is 5.91. The molecule has 0 heterocycles. The molecule has 0 saturated heterocycles. The Morgan fingerprint density at radius 3 is 2.56 bits per heavy atom. The predicted octanol–water partition coefficient (Wildman–Crippen LogP) is 2.46. The topological polar surface area (TPSA) is 41.1 Å². The molecular formula is C11H13BrN2OS. The molecular weight excluding hydrogens is 288 g/mol. The Morgan fingerprint density at radius 2 is 2.00 bits per heavy atom. The zero-order chi connectivity index (χ0) is 12.1. The minimum Gasteiger partial charge on any atom is -0.360 e. The fourth-order valence-electron chi connectivity index (χ4n) is 1.11. The van der Waals surface area contributed by atoms with Gasteiger partial charge in [0.25, 0.3) is 5.91 Å². The lowest BCUT2D eigenvalue weighted by molar-refractivity contribution is 0.0976. The first kappa shape index (κ1) is 13.1. The van der Waals surface area contributed by atoms with Crippen molar-refractivity contribution < 1.29 is 4.79 Å². The average Bonchev–Trinajstić information content (AvgIpc) is 2.16. The first-order valence-corrected chi connectivity index (χ1v) is 6.07. The highest BCUT2D eigenvalue weighted by Gasteiger charge is 2.10. The molecule has 86 valence electrons. The number of carbonyl (C=O) groups is 1. The van der Waals surface area contributed by atoms with Crippen molar-refractivity contribution in [3.63, 3.8) is 0 Å². The molecule has 0 spiro atoms. The Bertz CT molecular complexity index is 407. The summed E-state index contributed by atoms with van der Waals surface area (Å²) in [4.78, 5) is 11.8. The molecule has 0 fully saturated rings. The molecule has 1 rings (SSSR count). The summed E-state index contributed by atoms with van der Waals surface area (Å²) >= 11 is 8.30. The van der Waals surface area contributed by atoms with Crippen LogP contribution in [0.5, 0.6) is 0 Å². The van der Waals surface area contributed by atoms with Gasteiger partial charge in [0, 0.05) is 10.5 Å². The van der Waals surface area contributed by atoms with E-state index in [9.17, 15) is 4.79 Å². The van der Waals surface area contributed by atoms with Crippen LogP contribution in [0.15, 0.2) is 28.7 Å². The van der Waals surface area contributed by atoms with Gasteiger partial charge in [0.15, 0.2) is 5.11 Å². The van der Waals surface area contributed by atoms with Crippen molar-refractivity contribution in [3.8, 4) is 0 Å². The molecule has 1 aromatic rings. The highest BCUT2D eigenvalue weighted by Crippen LogP contribution is 2.15. The predicted molar refractivity (Wildman–Crippen MR) is 72.5 cm³/mol. The van der Waals surface area contributed by atoms with E-state index >= 15 is 0 Å². The number of benzene rings is 1.